The van der Waals surface area contributed by atoms with Crippen LogP contribution in [-0.2, 0) is 4.74 Å². The lowest BCUT2D eigenvalue weighted by Crippen LogP contribution is -2.43. The smallest absolute Gasteiger partial charge is 0.323 e. The van der Waals surface area contributed by atoms with Gasteiger partial charge in [-0.3, -0.25) is 5.32 Å². The molecule has 3 rings (SSSR count). The Morgan fingerprint density at radius 1 is 1.33 bits per heavy atom. The molecule has 1 aliphatic rings. The number of para-hydroxylation sites is 1. The summed E-state index contributed by atoms with van der Waals surface area (Å²) in [5, 5.41) is 5.28. The van der Waals surface area contributed by atoms with Crippen molar-refractivity contribution in [1.82, 2.24) is 9.88 Å². The standard InChI is InChI=1S/C14H16N4O2S/c15-11-4-2-1-3-10(11)12-9-21-13(16-12)17-14(19)18-5-7-20-8-6-18/h1-4,9H,5-8,15H2,(H,16,17,19). The molecule has 1 aromatic heterocycles. The molecule has 1 fully saturated rings. The van der Waals surface area contributed by atoms with E-state index in [1.807, 2.05) is 29.6 Å². The Morgan fingerprint density at radius 2 is 2.10 bits per heavy atom. The van der Waals surface area contributed by atoms with Gasteiger partial charge in [-0.15, -0.1) is 11.3 Å². The van der Waals surface area contributed by atoms with Crippen molar-refractivity contribution in [3.8, 4) is 11.3 Å². The Labute approximate surface area is 126 Å². The van der Waals surface area contributed by atoms with Crippen LogP contribution in [-0.4, -0.2) is 42.2 Å². The van der Waals surface area contributed by atoms with E-state index in [4.69, 9.17) is 10.5 Å². The van der Waals surface area contributed by atoms with Crippen LogP contribution in [0.3, 0.4) is 0 Å². The van der Waals surface area contributed by atoms with E-state index < -0.39 is 0 Å². The maximum atomic E-state index is 12.1. The SMILES string of the molecule is Nc1ccccc1-c1csc(NC(=O)N2CCOCC2)n1. The van der Waals surface area contributed by atoms with E-state index in [9.17, 15) is 4.79 Å². The number of aromatic nitrogens is 1. The summed E-state index contributed by atoms with van der Waals surface area (Å²) in [5.74, 6) is 0. The molecule has 2 aromatic rings. The molecule has 2 amide bonds. The predicted molar refractivity (Wildman–Crippen MR) is 83.4 cm³/mol. The second kappa shape index (κ2) is 6.11. The Bertz CT molecular complexity index is 637. The number of rotatable bonds is 2. The van der Waals surface area contributed by atoms with Crippen LogP contribution in [0, 0.1) is 0 Å². The van der Waals surface area contributed by atoms with Crippen molar-refractivity contribution in [2.75, 3.05) is 37.4 Å². The second-order valence-corrected chi connectivity index (χ2v) is 5.51. The largest absolute Gasteiger partial charge is 0.398 e. The third-order valence-electron chi connectivity index (χ3n) is 3.25. The average molecular weight is 304 g/mol. The van der Waals surface area contributed by atoms with Crippen molar-refractivity contribution in [3.05, 3.63) is 29.6 Å². The fourth-order valence-electron chi connectivity index (χ4n) is 2.12. The van der Waals surface area contributed by atoms with Gasteiger partial charge in [0.2, 0.25) is 0 Å². The van der Waals surface area contributed by atoms with Crippen LogP contribution < -0.4 is 11.1 Å². The number of nitrogens with one attached hydrogen (secondary N) is 1. The first-order chi connectivity index (χ1) is 10.2. The summed E-state index contributed by atoms with van der Waals surface area (Å²) in [6.07, 6.45) is 0. The van der Waals surface area contributed by atoms with Crippen molar-refractivity contribution in [2.45, 2.75) is 0 Å². The summed E-state index contributed by atoms with van der Waals surface area (Å²) < 4.78 is 5.23. The summed E-state index contributed by atoms with van der Waals surface area (Å²) in [6.45, 7) is 2.37. The Morgan fingerprint density at radius 3 is 2.86 bits per heavy atom. The highest BCUT2D eigenvalue weighted by Crippen LogP contribution is 2.28. The number of nitrogens with two attached hydrogens (primary N) is 1. The molecule has 21 heavy (non-hydrogen) atoms. The number of benzene rings is 1. The number of carbonyl (C=O) groups is 1. The first kappa shape index (κ1) is 13.8. The van der Waals surface area contributed by atoms with Gasteiger partial charge in [-0.2, -0.15) is 0 Å². The zero-order chi connectivity index (χ0) is 14.7. The molecule has 1 aromatic carbocycles. The van der Waals surface area contributed by atoms with Crippen molar-refractivity contribution in [1.29, 1.82) is 0 Å². The molecule has 1 aliphatic heterocycles. The van der Waals surface area contributed by atoms with Gasteiger partial charge in [-0.25, -0.2) is 9.78 Å². The molecule has 6 nitrogen and oxygen atoms in total. The van der Waals surface area contributed by atoms with E-state index in [1.54, 1.807) is 4.90 Å². The van der Waals surface area contributed by atoms with Crippen molar-refractivity contribution >= 4 is 28.2 Å². The molecule has 0 aliphatic carbocycles. The highest BCUT2D eigenvalue weighted by molar-refractivity contribution is 7.14. The molecule has 110 valence electrons. The van der Waals surface area contributed by atoms with Crippen LogP contribution in [0.15, 0.2) is 29.6 Å². The van der Waals surface area contributed by atoms with E-state index in [-0.39, 0.29) is 6.03 Å². The minimum absolute atomic E-state index is 0.139. The number of anilines is 2. The van der Waals surface area contributed by atoms with E-state index in [2.05, 4.69) is 10.3 Å². The number of thiazole rings is 1. The molecule has 0 bridgehead atoms. The maximum absolute atomic E-state index is 12.1. The van der Waals surface area contributed by atoms with E-state index in [0.29, 0.717) is 37.1 Å². The molecule has 0 saturated carbocycles. The first-order valence-electron chi connectivity index (χ1n) is 6.68. The quantitative estimate of drug-likeness (QED) is 0.834. The van der Waals surface area contributed by atoms with Crippen LogP contribution in [0.4, 0.5) is 15.6 Å². The molecule has 3 N–H and O–H groups in total. The highest BCUT2D eigenvalue weighted by atomic mass is 32.1. The molecular formula is C14H16N4O2S. The van der Waals surface area contributed by atoms with Crippen molar-refractivity contribution < 1.29 is 9.53 Å². The number of ether oxygens (including phenoxy) is 1. The van der Waals surface area contributed by atoms with Gasteiger partial charge < -0.3 is 15.4 Å². The van der Waals surface area contributed by atoms with Gasteiger partial charge in [0, 0.05) is 29.7 Å². The normalized spacial score (nSPS) is 15.0. The Hall–Kier alpha value is -2.12. The van der Waals surface area contributed by atoms with Crippen LogP contribution >= 0.6 is 11.3 Å². The number of hydrogen-bond donors (Lipinski definition) is 2. The number of morpholine rings is 1. The average Bonchev–Trinajstić information content (AvgIpc) is 2.97. The van der Waals surface area contributed by atoms with Gasteiger partial charge in [0.25, 0.3) is 0 Å². The Kier molecular flexibility index (Phi) is 4.03. The molecule has 0 spiro atoms. The first-order valence-corrected chi connectivity index (χ1v) is 7.56. The molecule has 1 saturated heterocycles. The van der Waals surface area contributed by atoms with E-state index in [0.717, 1.165) is 11.3 Å². The monoisotopic (exact) mass is 304 g/mol. The minimum Gasteiger partial charge on any atom is -0.398 e. The van der Waals surface area contributed by atoms with Crippen molar-refractivity contribution in [3.63, 3.8) is 0 Å². The van der Waals surface area contributed by atoms with Gasteiger partial charge in [-0.05, 0) is 6.07 Å². The number of amides is 2. The van der Waals surface area contributed by atoms with Crippen LogP contribution in [0.5, 0.6) is 0 Å². The summed E-state index contributed by atoms with van der Waals surface area (Å²) in [6, 6.07) is 7.40. The topological polar surface area (TPSA) is 80.5 Å². The number of hydrogen-bond acceptors (Lipinski definition) is 5. The van der Waals surface area contributed by atoms with Crippen LogP contribution in [0.25, 0.3) is 11.3 Å². The predicted octanol–water partition coefficient (Wildman–Crippen LogP) is 2.26. The van der Waals surface area contributed by atoms with E-state index >= 15 is 0 Å². The van der Waals surface area contributed by atoms with Gasteiger partial charge in [0.05, 0.1) is 18.9 Å². The maximum Gasteiger partial charge on any atom is 0.323 e. The lowest BCUT2D eigenvalue weighted by molar-refractivity contribution is 0.0564. The van der Waals surface area contributed by atoms with Gasteiger partial charge in [0.15, 0.2) is 5.13 Å². The summed E-state index contributed by atoms with van der Waals surface area (Å²) >= 11 is 1.39. The summed E-state index contributed by atoms with van der Waals surface area (Å²) in [4.78, 5) is 18.2. The molecule has 0 radical (unpaired) electrons. The lowest BCUT2D eigenvalue weighted by atomic mass is 10.1. The third-order valence-corrected chi connectivity index (χ3v) is 4.01. The zero-order valence-electron chi connectivity index (χ0n) is 11.4. The number of carbonyl (C=O) groups excluding carboxylic acids is 1. The molecule has 7 heteroatoms. The number of urea groups is 1. The molecule has 0 atom stereocenters. The van der Waals surface area contributed by atoms with Crippen molar-refractivity contribution in [2.24, 2.45) is 0 Å². The fourth-order valence-corrected chi connectivity index (χ4v) is 2.82. The number of nitrogen functional groups attached to an aromatic ring is 1. The van der Waals surface area contributed by atoms with Crippen LogP contribution in [0.2, 0.25) is 0 Å². The fraction of sp³-hybridized carbons (Fsp3) is 0.286. The summed E-state index contributed by atoms with van der Waals surface area (Å²) in [5.41, 5.74) is 8.26. The van der Waals surface area contributed by atoms with Gasteiger partial charge >= 0.3 is 6.03 Å². The van der Waals surface area contributed by atoms with Crippen LogP contribution in [0.1, 0.15) is 0 Å². The minimum atomic E-state index is -0.139. The molecule has 0 unspecified atom stereocenters. The van der Waals surface area contributed by atoms with Gasteiger partial charge in [0.1, 0.15) is 0 Å². The zero-order valence-corrected chi connectivity index (χ0v) is 12.2. The Balaban J connectivity index is 1.70. The van der Waals surface area contributed by atoms with E-state index in [1.165, 1.54) is 11.3 Å². The lowest BCUT2D eigenvalue weighted by Gasteiger charge is -2.26. The third kappa shape index (κ3) is 3.14. The number of nitrogens with zero attached hydrogens (tertiary/aromatic N) is 2. The second-order valence-electron chi connectivity index (χ2n) is 4.65. The summed E-state index contributed by atoms with van der Waals surface area (Å²) in [7, 11) is 0. The van der Waals surface area contributed by atoms with Gasteiger partial charge in [-0.1, -0.05) is 18.2 Å². The molecule has 2 heterocycles. The molecular weight excluding hydrogens is 288 g/mol. The highest BCUT2D eigenvalue weighted by Gasteiger charge is 2.18.